The summed E-state index contributed by atoms with van der Waals surface area (Å²) < 4.78 is 0. The zero-order chi connectivity index (χ0) is 11.1. The van der Waals surface area contributed by atoms with Gasteiger partial charge < -0.3 is 20.9 Å². The van der Waals surface area contributed by atoms with E-state index in [1.54, 1.807) is 0 Å². The van der Waals surface area contributed by atoms with Crippen LogP contribution in [-0.4, -0.2) is 34.3 Å². The summed E-state index contributed by atoms with van der Waals surface area (Å²) in [7, 11) is -1.31. The van der Waals surface area contributed by atoms with Crippen LogP contribution in [-0.2, 0) is 4.79 Å². The first-order valence-corrected chi connectivity index (χ1v) is 4.81. The fourth-order valence-electron chi connectivity index (χ4n) is 1.33. The van der Waals surface area contributed by atoms with Crippen molar-refractivity contribution in [3.05, 3.63) is 0 Å². The predicted molar refractivity (Wildman–Crippen MR) is 60.9 cm³/mol. The summed E-state index contributed by atoms with van der Waals surface area (Å²) in [5.74, 6) is -0.865. The van der Waals surface area contributed by atoms with Crippen molar-refractivity contribution in [1.29, 1.82) is 0 Å². The minimum atomic E-state index is -1.31. The number of carboxylic acids is 1. The van der Waals surface area contributed by atoms with Crippen LogP contribution in [0.1, 0.15) is 26.2 Å². The first-order valence-electron chi connectivity index (χ1n) is 4.81. The number of hydrogen-bond acceptors (Lipinski definition) is 4. The molecule has 0 rings (SSSR count). The Bertz CT molecular complexity index is 182. The highest BCUT2D eigenvalue weighted by molar-refractivity contribution is 6.40. The van der Waals surface area contributed by atoms with E-state index in [4.69, 9.17) is 20.9 Å². The van der Waals surface area contributed by atoms with E-state index in [9.17, 15) is 4.79 Å². The summed E-state index contributed by atoms with van der Waals surface area (Å²) in [5, 5.41) is 25.9. The second kappa shape index (κ2) is 8.97. The molecule has 0 aliphatic rings. The smallest absolute Gasteiger partial charge is 0.451 e. The van der Waals surface area contributed by atoms with Gasteiger partial charge in [0.15, 0.2) is 0 Å². The van der Waals surface area contributed by atoms with Gasteiger partial charge in [-0.1, -0.05) is 19.8 Å². The largest absolute Gasteiger partial charge is 0.480 e. The number of rotatable bonds is 7. The number of halogens is 1. The fourth-order valence-corrected chi connectivity index (χ4v) is 1.33. The molecule has 7 heteroatoms. The Hall–Kier alpha value is -0.295. The SMILES string of the molecule is CCC(CCB(O)O)CC(N)C(=O)O.Cl. The maximum Gasteiger partial charge on any atom is 0.451 e. The van der Waals surface area contributed by atoms with Gasteiger partial charge in [-0.25, -0.2) is 0 Å². The number of nitrogens with two attached hydrogens (primary N) is 1. The van der Waals surface area contributed by atoms with Crippen molar-refractivity contribution in [3.63, 3.8) is 0 Å². The summed E-state index contributed by atoms with van der Waals surface area (Å²) >= 11 is 0. The lowest BCUT2D eigenvalue weighted by Crippen LogP contribution is -2.32. The lowest BCUT2D eigenvalue weighted by molar-refractivity contribution is -0.138. The zero-order valence-corrected chi connectivity index (χ0v) is 9.61. The summed E-state index contributed by atoms with van der Waals surface area (Å²) in [6, 6.07) is -0.851. The molecule has 0 aliphatic heterocycles. The molecule has 0 aliphatic carbocycles. The van der Waals surface area contributed by atoms with Crippen LogP contribution in [0.5, 0.6) is 0 Å². The standard InChI is InChI=1S/C8H18BNO4.ClH/c1-2-6(3-4-9(13)14)5-7(10)8(11)12;/h6-7,13-14H,2-5,10H2,1H3,(H,11,12);1H. The van der Waals surface area contributed by atoms with Crippen LogP contribution in [0.4, 0.5) is 0 Å². The summed E-state index contributed by atoms with van der Waals surface area (Å²) in [6.07, 6.45) is 2.05. The van der Waals surface area contributed by atoms with E-state index in [-0.39, 0.29) is 24.6 Å². The van der Waals surface area contributed by atoms with Gasteiger partial charge in [0.1, 0.15) is 6.04 Å². The molecule has 0 bridgehead atoms. The van der Waals surface area contributed by atoms with Gasteiger partial charge >= 0.3 is 13.1 Å². The molecule has 0 aromatic rings. The van der Waals surface area contributed by atoms with Crippen LogP contribution < -0.4 is 5.73 Å². The Kier molecular flexibility index (Phi) is 10.2. The van der Waals surface area contributed by atoms with E-state index in [2.05, 4.69) is 0 Å². The van der Waals surface area contributed by atoms with Crippen LogP contribution in [0.2, 0.25) is 6.32 Å². The molecule has 15 heavy (non-hydrogen) atoms. The van der Waals surface area contributed by atoms with Gasteiger partial charge in [0.25, 0.3) is 0 Å². The van der Waals surface area contributed by atoms with Gasteiger partial charge in [-0.3, -0.25) is 4.79 Å². The number of hydrogen-bond donors (Lipinski definition) is 4. The first kappa shape index (κ1) is 17.1. The van der Waals surface area contributed by atoms with E-state index in [1.807, 2.05) is 6.92 Å². The molecule has 0 radical (unpaired) electrons. The Morgan fingerprint density at radius 2 is 2.00 bits per heavy atom. The second-order valence-corrected chi connectivity index (χ2v) is 3.51. The van der Waals surface area contributed by atoms with Gasteiger partial charge in [0.05, 0.1) is 0 Å². The third-order valence-electron chi connectivity index (χ3n) is 2.31. The molecule has 0 heterocycles. The monoisotopic (exact) mass is 239 g/mol. The predicted octanol–water partition coefficient (Wildman–Crippen LogP) is 0.0993. The summed E-state index contributed by atoms with van der Waals surface area (Å²) in [4.78, 5) is 10.5. The quantitative estimate of drug-likeness (QED) is 0.472. The van der Waals surface area contributed by atoms with E-state index in [0.717, 1.165) is 6.42 Å². The molecule has 5 N–H and O–H groups in total. The Labute approximate surface area is 96.2 Å². The highest BCUT2D eigenvalue weighted by Gasteiger charge is 2.19. The lowest BCUT2D eigenvalue weighted by Gasteiger charge is -2.16. The summed E-state index contributed by atoms with van der Waals surface area (Å²) in [5.41, 5.74) is 5.37. The molecule has 5 nitrogen and oxygen atoms in total. The van der Waals surface area contributed by atoms with Crippen LogP contribution in [0, 0.1) is 5.92 Å². The van der Waals surface area contributed by atoms with Gasteiger partial charge in [0, 0.05) is 0 Å². The van der Waals surface area contributed by atoms with Crippen molar-refractivity contribution in [2.45, 2.75) is 38.5 Å². The van der Waals surface area contributed by atoms with E-state index in [1.165, 1.54) is 0 Å². The third-order valence-corrected chi connectivity index (χ3v) is 2.31. The van der Waals surface area contributed by atoms with Gasteiger partial charge in [-0.05, 0) is 18.7 Å². The van der Waals surface area contributed by atoms with Crippen LogP contribution in [0.3, 0.4) is 0 Å². The van der Waals surface area contributed by atoms with Crippen molar-refractivity contribution in [1.82, 2.24) is 0 Å². The second-order valence-electron chi connectivity index (χ2n) is 3.51. The topological polar surface area (TPSA) is 104 Å². The Morgan fingerprint density at radius 3 is 2.33 bits per heavy atom. The molecule has 90 valence electrons. The van der Waals surface area contributed by atoms with Crippen LogP contribution in [0.15, 0.2) is 0 Å². The normalized spacial score (nSPS) is 13.9. The minimum absolute atomic E-state index is 0. The molecule has 0 aromatic heterocycles. The van der Waals surface area contributed by atoms with Crippen molar-refractivity contribution >= 4 is 25.5 Å². The number of carboxylic acid groups (broad SMARTS) is 1. The third kappa shape index (κ3) is 8.68. The van der Waals surface area contributed by atoms with E-state index in [0.29, 0.717) is 12.8 Å². The molecule has 0 aromatic carbocycles. The maximum absolute atomic E-state index is 10.5. The Morgan fingerprint density at radius 1 is 1.47 bits per heavy atom. The molecule has 2 unspecified atom stereocenters. The Balaban J connectivity index is 0. The highest BCUT2D eigenvalue weighted by atomic mass is 35.5. The van der Waals surface area contributed by atoms with Crippen molar-refractivity contribution in [2.24, 2.45) is 11.7 Å². The molecular weight excluding hydrogens is 220 g/mol. The lowest BCUT2D eigenvalue weighted by atomic mass is 9.79. The molecule has 0 amide bonds. The zero-order valence-electron chi connectivity index (χ0n) is 8.80. The van der Waals surface area contributed by atoms with Crippen molar-refractivity contribution in [2.75, 3.05) is 0 Å². The number of aliphatic carboxylic acids is 1. The van der Waals surface area contributed by atoms with Crippen molar-refractivity contribution < 1.29 is 19.9 Å². The van der Waals surface area contributed by atoms with Crippen LogP contribution >= 0.6 is 12.4 Å². The van der Waals surface area contributed by atoms with Crippen LogP contribution in [0.25, 0.3) is 0 Å². The molecule has 0 fully saturated rings. The average Bonchev–Trinajstić information content (AvgIpc) is 2.11. The average molecular weight is 240 g/mol. The molecule has 0 saturated carbocycles. The molecule has 0 saturated heterocycles. The molecule has 2 atom stereocenters. The van der Waals surface area contributed by atoms with E-state index >= 15 is 0 Å². The highest BCUT2D eigenvalue weighted by Crippen LogP contribution is 2.17. The van der Waals surface area contributed by atoms with Gasteiger partial charge in [0.2, 0.25) is 0 Å². The van der Waals surface area contributed by atoms with Gasteiger partial charge in [-0.15, -0.1) is 12.4 Å². The van der Waals surface area contributed by atoms with Gasteiger partial charge in [-0.2, -0.15) is 0 Å². The number of carbonyl (C=O) groups is 1. The molecule has 0 spiro atoms. The fraction of sp³-hybridized carbons (Fsp3) is 0.875. The minimum Gasteiger partial charge on any atom is -0.480 e. The van der Waals surface area contributed by atoms with E-state index < -0.39 is 19.1 Å². The first-order chi connectivity index (χ1) is 6.47. The van der Waals surface area contributed by atoms with Crippen molar-refractivity contribution in [3.8, 4) is 0 Å². The maximum atomic E-state index is 10.5. The summed E-state index contributed by atoms with van der Waals surface area (Å²) in [6.45, 7) is 1.93. The molecular formula is C8H19BClNO4.